The Morgan fingerprint density at radius 1 is 1.00 bits per heavy atom. The first-order valence-corrected chi connectivity index (χ1v) is 7.81. The van der Waals surface area contributed by atoms with Crippen molar-refractivity contribution in [3.63, 3.8) is 0 Å². The third-order valence-corrected chi connectivity index (χ3v) is 5.33. The predicted molar refractivity (Wildman–Crippen MR) is 80.0 cm³/mol. The number of hydrogen-bond donors (Lipinski definition) is 0. The summed E-state index contributed by atoms with van der Waals surface area (Å²) in [6, 6.07) is 0. The molecule has 0 aromatic heterocycles. The second-order valence-electron chi connectivity index (χ2n) is 6.03. The van der Waals surface area contributed by atoms with E-state index in [1.165, 1.54) is 38.5 Å². The van der Waals surface area contributed by atoms with E-state index < -0.39 is 0 Å². The minimum absolute atomic E-state index is 0.424. The van der Waals surface area contributed by atoms with E-state index >= 15 is 0 Å². The Morgan fingerprint density at radius 2 is 1.53 bits per heavy atom. The minimum atomic E-state index is 0.424. The topological polar surface area (TPSA) is 0 Å². The fraction of sp³-hybridized carbons (Fsp3) is 0.941. The Balaban J connectivity index is 4.93. The van der Waals surface area contributed by atoms with E-state index in [0.717, 1.165) is 11.8 Å². The summed E-state index contributed by atoms with van der Waals surface area (Å²) in [6.45, 7) is 18.8. The summed E-state index contributed by atoms with van der Waals surface area (Å²) in [4.78, 5) is 0. The molecule has 0 nitrogen and oxygen atoms in total. The maximum atomic E-state index is 4.53. The van der Waals surface area contributed by atoms with E-state index in [4.69, 9.17) is 0 Å². The van der Waals surface area contributed by atoms with Crippen molar-refractivity contribution in [1.82, 2.24) is 0 Å². The molecule has 0 heterocycles. The first kappa shape index (κ1) is 17.0. The molecule has 0 heteroatoms. The molecular weight excluding hydrogens is 204 g/mol. The lowest BCUT2D eigenvalue weighted by Gasteiger charge is -2.50. The number of hydrogen-bond acceptors (Lipinski definition) is 0. The summed E-state index contributed by atoms with van der Waals surface area (Å²) < 4.78 is 0. The highest BCUT2D eigenvalue weighted by Crippen LogP contribution is 2.48. The van der Waals surface area contributed by atoms with Crippen LogP contribution in [0.5, 0.6) is 0 Å². The van der Waals surface area contributed by atoms with Crippen LogP contribution in [0.25, 0.3) is 0 Å². The largest absolute Gasteiger partial charge is 0.340 e. The first-order valence-electron chi connectivity index (χ1n) is 7.81. The van der Waals surface area contributed by atoms with Gasteiger partial charge in [-0.25, -0.2) is 0 Å². The minimum Gasteiger partial charge on any atom is -0.340 e. The van der Waals surface area contributed by atoms with Crippen molar-refractivity contribution in [2.75, 3.05) is 0 Å². The summed E-state index contributed by atoms with van der Waals surface area (Å²) in [5.74, 6) is 2.23. The second kappa shape index (κ2) is 8.16. The van der Waals surface area contributed by atoms with Gasteiger partial charge in [0, 0.05) is 0 Å². The summed E-state index contributed by atoms with van der Waals surface area (Å²) in [7, 11) is 0. The van der Waals surface area contributed by atoms with Gasteiger partial charge in [0.15, 0.2) is 0 Å². The summed E-state index contributed by atoms with van der Waals surface area (Å²) >= 11 is 0. The molecule has 17 heavy (non-hydrogen) atoms. The quantitative estimate of drug-likeness (QED) is 0.425. The van der Waals surface area contributed by atoms with Gasteiger partial charge in [-0.05, 0) is 11.8 Å². The van der Waals surface area contributed by atoms with Crippen LogP contribution in [0.4, 0.5) is 0 Å². The molecule has 0 saturated heterocycles. The maximum Gasteiger partial charge on any atom is -0.0385 e. The van der Waals surface area contributed by atoms with Crippen molar-refractivity contribution in [3.05, 3.63) is 6.92 Å². The SMILES string of the molecule is [CH2-]C(CCCC)C(C)(C(C)CC)C(CC)CC. The molecule has 0 aliphatic carbocycles. The summed E-state index contributed by atoms with van der Waals surface area (Å²) in [6.07, 6.45) is 7.82. The van der Waals surface area contributed by atoms with Crippen molar-refractivity contribution >= 4 is 0 Å². The van der Waals surface area contributed by atoms with Crippen LogP contribution in [0.3, 0.4) is 0 Å². The molecule has 0 aliphatic heterocycles. The highest BCUT2D eigenvalue weighted by Gasteiger charge is 2.37. The smallest absolute Gasteiger partial charge is 0.0385 e. The van der Waals surface area contributed by atoms with Crippen LogP contribution in [0, 0.1) is 30.1 Å². The molecule has 3 atom stereocenters. The standard InChI is InChI=1S/C17H35/c1-8-12-13-15(6)17(7,14(5)9-2)16(10-3)11-4/h14-16H,6,8-13H2,1-5,7H3/q-1. The molecular formula is C17H35-. The van der Waals surface area contributed by atoms with Gasteiger partial charge in [-0.15, -0.1) is 0 Å². The van der Waals surface area contributed by atoms with Gasteiger partial charge >= 0.3 is 0 Å². The van der Waals surface area contributed by atoms with Crippen LogP contribution >= 0.6 is 0 Å². The maximum absolute atomic E-state index is 4.53. The van der Waals surface area contributed by atoms with Gasteiger partial charge in [-0.2, -0.15) is 5.92 Å². The Hall–Kier alpha value is 0. The highest BCUT2D eigenvalue weighted by molar-refractivity contribution is 4.92. The van der Waals surface area contributed by atoms with Crippen molar-refractivity contribution in [3.8, 4) is 0 Å². The van der Waals surface area contributed by atoms with Gasteiger partial charge < -0.3 is 6.92 Å². The van der Waals surface area contributed by atoms with E-state index in [9.17, 15) is 0 Å². The van der Waals surface area contributed by atoms with E-state index in [-0.39, 0.29) is 0 Å². The van der Waals surface area contributed by atoms with Gasteiger partial charge in [0.05, 0.1) is 0 Å². The lowest BCUT2D eigenvalue weighted by atomic mass is 9.58. The average Bonchev–Trinajstić information content (AvgIpc) is 2.35. The van der Waals surface area contributed by atoms with E-state index in [1.54, 1.807) is 0 Å². The average molecular weight is 239 g/mol. The molecule has 0 saturated carbocycles. The zero-order chi connectivity index (χ0) is 13.5. The molecule has 0 fully saturated rings. The van der Waals surface area contributed by atoms with Gasteiger partial charge in [-0.3, -0.25) is 0 Å². The molecule has 0 amide bonds. The van der Waals surface area contributed by atoms with Crippen molar-refractivity contribution in [1.29, 1.82) is 0 Å². The molecule has 0 rings (SSSR count). The Kier molecular flexibility index (Phi) is 8.16. The zero-order valence-corrected chi connectivity index (χ0v) is 13.2. The van der Waals surface area contributed by atoms with Crippen LogP contribution in [-0.2, 0) is 0 Å². The van der Waals surface area contributed by atoms with Gasteiger partial charge in [-0.1, -0.05) is 85.5 Å². The fourth-order valence-corrected chi connectivity index (χ4v) is 3.51. The van der Waals surface area contributed by atoms with Crippen molar-refractivity contribution in [2.45, 2.75) is 80.1 Å². The monoisotopic (exact) mass is 239 g/mol. The van der Waals surface area contributed by atoms with Crippen LogP contribution in [0.1, 0.15) is 80.1 Å². The van der Waals surface area contributed by atoms with Crippen LogP contribution in [0.2, 0.25) is 0 Å². The Labute approximate surface area is 111 Å². The Bertz CT molecular complexity index is 180. The molecule has 0 aliphatic rings. The zero-order valence-electron chi connectivity index (χ0n) is 13.2. The van der Waals surface area contributed by atoms with Crippen molar-refractivity contribution in [2.24, 2.45) is 23.2 Å². The molecule has 0 spiro atoms. The molecule has 0 aromatic rings. The summed E-state index contributed by atoms with van der Waals surface area (Å²) in [5, 5.41) is 0. The third-order valence-electron chi connectivity index (χ3n) is 5.33. The van der Waals surface area contributed by atoms with Crippen molar-refractivity contribution < 1.29 is 0 Å². The molecule has 3 unspecified atom stereocenters. The first-order chi connectivity index (χ1) is 7.98. The summed E-state index contributed by atoms with van der Waals surface area (Å²) in [5.41, 5.74) is 0.424. The third kappa shape index (κ3) is 4.00. The van der Waals surface area contributed by atoms with E-state index in [1.807, 2.05) is 0 Å². The lowest BCUT2D eigenvalue weighted by Crippen LogP contribution is -2.39. The molecule has 104 valence electrons. The van der Waals surface area contributed by atoms with E-state index in [0.29, 0.717) is 11.3 Å². The van der Waals surface area contributed by atoms with Crippen LogP contribution in [-0.4, -0.2) is 0 Å². The Morgan fingerprint density at radius 3 is 1.88 bits per heavy atom. The number of unbranched alkanes of at least 4 members (excludes halogenated alkanes) is 1. The molecule has 0 radical (unpaired) electrons. The normalized spacial score (nSPS) is 19.1. The van der Waals surface area contributed by atoms with Gasteiger partial charge in [0.1, 0.15) is 0 Å². The lowest BCUT2D eigenvalue weighted by molar-refractivity contribution is 0.0350. The van der Waals surface area contributed by atoms with Gasteiger partial charge in [0.2, 0.25) is 0 Å². The van der Waals surface area contributed by atoms with Crippen LogP contribution in [0.15, 0.2) is 0 Å². The highest BCUT2D eigenvalue weighted by atomic mass is 14.4. The fourth-order valence-electron chi connectivity index (χ4n) is 3.51. The molecule has 0 aromatic carbocycles. The molecule has 0 N–H and O–H groups in total. The number of rotatable bonds is 9. The van der Waals surface area contributed by atoms with Crippen LogP contribution < -0.4 is 0 Å². The molecule has 0 bridgehead atoms. The van der Waals surface area contributed by atoms with E-state index in [2.05, 4.69) is 48.5 Å². The predicted octanol–water partition coefficient (Wildman–Crippen LogP) is 6.12. The second-order valence-corrected chi connectivity index (χ2v) is 6.03. The van der Waals surface area contributed by atoms with Gasteiger partial charge in [0.25, 0.3) is 0 Å².